The lowest BCUT2D eigenvalue weighted by molar-refractivity contribution is -0.115. The Bertz CT molecular complexity index is 660. The van der Waals surface area contributed by atoms with Gasteiger partial charge in [-0.25, -0.2) is 13.1 Å². The quantitative estimate of drug-likeness (QED) is 0.731. The highest BCUT2D eigenvalue weighted by Crippen LogP contribution is 2.32. The number of hydrogen-bond acceptors (Lipinski definition) is 4. The fraction of sp³-hybridized carbons (Fsp3) is 0.462. The molecule has 2 rings (SSSR count). The molecule has 8 heteroatoms. The van der Waals surface area contributed by atoms with Crippen LogP contribution in [0.25, 0.3) is 0 Å². The third kappa shape index (κ3) is 3.74. The Morgan fingerprint density at radius 1 is 1.48 bits per heavy atom. The number of halogens is 1. The van der Waals surface area contributed by atoms with Crippen molar-refractivity contribution in [3.05, 3.63) is 22.7 Å². The first-order chi connectivity index (χ1) is 9.83. The Morgan fingerprint density at radius 2 is 2.19 bits per heavy atom. The fourth-order valence-electron chi connectivity index (χ4n) is 2.07. The zero-order chi connectivity index (χ0) is 15.6. The largest absolute Gasteiger partial charge is 0.393 e. The summed E-state index contributed by atoms with van der Waals surface area (Å²) < 4.78 is 26.8. The number of aliphatic hydroxyl groups is 1. The van der Waals surface area contributed by atoms with Crippen molar-refractivity contribution in [2.75, 3.05) is 11.9 Å². The number of sulfonamides is 1. The summed E-state index contributed by atoms with van der Waals surface area (Å²) >= 11 is 5.99. The van der Waals surface area contributed by atoms with Crippen LogP contribution in [0.15, 0.2) is 17.0 Å². The molecule has 1 aromatic carbocycles. The van der Waals surface area contributed by atoms with Crippen molar-refractivity contribution in [3.8, 4) is 0 Å². The highest BCUT2D eigenvalue weighted by Gasteiger charge is 2.24. The number of benzene rings is 1. The number of anilines is 1. The van der Waals surface area contributed by atoms with Crippen molar-refractivity contribution >= 4 is 33.2 Å². The van der Waals surface area contributed by atoms with Gasteiger partial charge in [0.15, 0.2) is 0 Å². The van der Waals surface area contributed by atoms with Crippen molar-refractivity contribution in [2.24, 2.45) is 0 Å². The molecule has 0 spiro atoms. The van der Waals surface area contributed by atoms with Gasteiger partial charge in [0.05, 0.1) is 17.5 Å². The summed E-state index contributed by atoms with van der Waals surface area (Å²) in [5.74, 6) is -0.186. The van der Waals surface area contributed by atoms with E-state index in [2.05, 4.69) is 10.0 Å². The Balaban J connectivity index is 2.17. The van der Waals surface area contributed by atoms with Gasteiger partial charge in [-0.05, 0) is 30.5 Å². The van der Waals surface area contributed by atoms with E-state index >= 15 is 0 Å². The molecule has 1 atom stereocenters. The van der Waals surface area contributed by atoms with Crippen molar-refractivity contribution in [1.29, 1.82) is 0 Å². The molecule has 1 aliphatic rings. The van der Waals surface area contributed by atoms with Gasteiger partial charge in [-0.15, -0.1) is 0 Å². The zero-order valence-electron chi connectivity index (χ0n) is 11.5. The molecule has 0 saturated heterocycles. The summed E-state index contributed by atoms with van der Waals surface area (Å²) in [5, 5.41) is 12.1. The Kier molecular flexibility index (Phi) is 4.88. The molecule has 1 heterocycles. The average molecular weight is 333 g/mol. The van der Waals surface area contributed by atoms with E-state index < -0.39 is 16.1 Å². The molecular weight excluding hydrogens is 316 g/mol. The van der Waals surface area contributed by atoms with Gasteiger partial charge in [0, 0.05) is 12.2 Å². The van der Waals surface area contributed by atoms with Crippen LogP contribution in [-0.2, 0) is 21.2 Å². The predicted octanol–water partition coefficient (Wildman–Crippen LogP) is 1.27. The average Bonchev–Trinajstić information content (AvgIpc) is 2.76. The second kappa shape index (κ2) is 6.31. The minimum Gasteiger partial charge on any atom is -0.393 e. The van der Waals surface area contributed by atoms with E-state index in [4.69, 9.17) is 11.6 Å². The van der Waals surface area contributed by atoms with E-state index in [-0.39, 0.29) is 28.8 Å². The van der Waals surface area contributed by atoms with Crippen LogP contribution in [0.5, 0.6) is 0 Å². The van der Waals surface area contributed by atoms with Crippen LogP contribution in [0.1, 0.15) is 25.3 Å². The predicted molar refractivity (Wildman–Crippen MR) is 79.9 cm³/mol. The van der Waals surface area contributed by atoms with Crippen molar-refractivity contribution < 1.29 is 18.3 Å². The molecule has 21 heavy (non-hydrogen) atoms. The highest BCUT2D eigenvalue weighted by molar-refractivity contribution is 7.89. The van der Waals surface area contributed by atoms with Gasteiger partial charge in [0.25, 0.3) is 0 Å². The van der Waals surface area contributed by atoms with Gasteiger partial charge in [0.2, 0.25) is 15.9 Å². The minimum atomic E-state index is -3.77. The molecule has 1 amide bonds. The molecule has 6 nitrogen and oxygen atoms in total. The standard InChI is InChI=1S/C13H17ClN2O4S/c1-2-9(17)3-4-15-21(19,20)12-5-8-6-13(18)16-11(8)7-10(12)14/h5,7,9,15,17H,2-4,6H2,1H3,(H,16,18). The molecule has 116 valence electrons. The summed E-state index contributed by atoms with van der Waals surface area (Å²) in [4.78, 5) is 11.3. The summed E-state index contributed by atoms with van der Waals surface area (Å²) in [6.45, 7) is 1.95. The summed E-state index contributed by atoms with van der Waals surface area (Å²) in [6, 6.07) is 2.85. The molecule has 0 radical (unpaired) electrons. The third-order valence-corrected chi connectivity index (χ3v) is 5.24. The lowest BCUT2D eigenvalue weighted by Gasteiger charge is -2.11. The third-order valence-electron chi connectivity index (χ3n) is 3.31. The van der Waals surface area contributed by atoms with Crippen LogP contribution in [-0.4, -0.2) is 32.1 Å². The van der Waals surface area contributed by atoms with Gasteiger partial charge in [-0.2, -0.15) is 0 Å². The van der Waals surface area contributed by atoms with Crippen LogP contribution in [0.4, 0.5) is 5.69 Å². The van der Waals surface area contributed by atoms with Gasteiger partial charge >= 0.3 is 0 Å². The maximum absolute atomic E-state index is 12.2. The van der Waals surface area contributed by atoms with Crippen molar-refractivity contribution in [2.45, 2.75) is 37.2 Å². The Labute approximate surface area is 128 Å². The summed E-state index contributed by atoms with van der Waals surface area (Å²) in [7, 11) is -3.77. The molecule has 0 saturated carbocycles. The number of aliphatic hydroxyl groups excluding tert-OH is 1. The normalized spacial score (nSPS) is 15.7. The molecule has 3 N–H and O–H groups in total. The summed E-state index contributed by atoms with van der Waals surface area (Å²) in [6.07, 6.45) is 0.502. The zero-order valence-corrected chi connectivity index (χ0v) is 13.1. The maximum Gasteiger partial charge on any atom is 0.242 e. The Morgan fingerprint density at radius 3 is 2.86 bits per heavy atom. The molecular formula is C13H17ClN2O4S. The molecule has 0 bridgehead atoms. The number of carbonyl (C=O) groups excluding carboxylic acids is 1. The Hall–Kier alpha value is -1.15. The number of amides is 1. The fourth-order valence-corrected chi connectivity index (χ4v) is 3.70. The first-order valence-corrected chi connectivity index (χ1v) is 8.49. The van der Waals surface area contributed by atoms with E-state index in [0.29, 0.717) is 24.1 Å². The van der Waals surface area contributed by atoms with Crippen LogP contribution < -0.4 is 10.0 Å². The molecule has 0 fully saturated rings. The van der Waals surface area contributed by atoms with Gasteiger partial charge in [-0.1, -0.05) is 18.5 Å². The molecule has 0 aromatic heterocycles. The molecule has 0 aliphatic carbocycles. The van der Waals surface area contributed by atoms with Crippen LogP contribution >= 0.6 is 11.6 Å². The second-order valence-electron chi connectivity index (χ2n) is 4.91. The van der Waals surface area contributed by atoms with E-state index in [9.17, 15) is 18.3 Å². The van der Waals surface area contributed by atoms with Crippen LogP contribution in [0.2, 0.25) is 5.02 Å². The number of fused-ring (bicyclic) bond motifs is 1. The van der Waals surface area contributed by atoms with E-state index in [1.54, 1.807) is 0 Å². The number of carbonyl (C=O) groups is 1. The minimum absolute atomic E-state index is 0.0506. The highest BCUT2D eigenvalue weighted by atomic mass is 35.5. The number of hydrogen-bond donors (Lipinski definition) is 3. The molecule has 1 aliphatic heterocycles. The van der Waals surface area contributed by atoms with Gasteiger partial charge in [-0.3, -0.25) is 4.79 Å². The van der Waals surface area contributed by atoms with Crippen molar-refractivity contribution in [1.82, 2.24) is 4.72 Å². The van der Waals surface area contributed by atoms with Gasteiger partial charge in [0.1, 0.15) is 4.90 Å². The maximum atomic E-state index is 12.2. The van der Waals surface area contributed by atoms with Crippen LogP contribution in [0.3, 0.4) is 0 Å². The topological polar surface area (TPSA) is 95.5 Å². The van der Waals surface area contributed by atoms with E-state index in [1.165, 1.54) is 12.1 Å². The lowest BCUT2D eigenvalue weighted by Crippen LogP contribution is -2.27. The van der Waals surface area contributed by atoms with Crippen LogP contribution in [0, 0.1) is 0 Å². The first kappa shape index (κ1) is 16.2. The molecule has 1 unspecified atom stereocenters. The SMILES string of the molecule is CCC(O)CCNS(=O)(=O)c1cc2c(cc1Cl)NC(=O)C2. The lowest BCUT2D eigenvalue weighted by atomic mass is 10.2. The van der Waals surface area contributed by atoms with E-state index in [0.717, 1.165) is 0 Å². The smallest absolute Gasteiger partial charge is 0.242 e. The van der Waals surface area contributed by atoms with Gasteiger partial charge < -0.3 is 10.4 Å². The number of nitrogens with one attached hydrogen (secondary N) is 2. The second-order valence-corrected chi connectivity index (χ2v) is 7.06. The molecule has 1 aromatic rings. The van der Waals surface area contributed by atoms with E-state index in [1.807, 2.05) is 6.92 Å². The summed E-state index contributed by atoms with van der Waals surface area (Å²) in [5.41, 5.74) is 1.16. The first-order valence-electron chi connectivity index (χ1n) is 6.63. The number of rotatable bonds is 6. The van der Waals surface area contributed by atoms with Crippen molar-refractivity contribution in [3.63, 3.8) is 0 Å². The monoisotopic (exact) mass is 332 g/mol.